The Kier molecular flexibility index (Phi) is 50.3. The van der Waals surface area contributed by atoms with Crippen LogP contribution in [0.4, 0.5) is 0 Å². The van der Waals surface area contributed by atoms with E-state index in [0.29, 0.717) is 19.3 Å². The SMILES string of the molecule is CCCCCCCCC/C=C/CC/C=C/CC/C=C/CCCC(O)C(O)C(CO)NC(=O)C(O)CCCCCCCCCCCCCCCCCCCCCCCCCCCCC. The first-order chi connectivity index (χ1) is 31.0. The minimum atomic E-state index is -1.29. The highest BCUT2D eigenvalue weighted by Gasteiger charge is 2.28. The smallest absolute Gasteiger partial charge is 0.249 e. The number of amides is 1. The molecule has 0 rings (SSSR count). The normalized spacial score (nSPS) is 14.1. The number of allylic oxidation sites excluding steroid dienone is 6. The van der Waals surface area contributed by atoms with Gasteiger partial charge in [-0.25, -0.2) is 0 Å². The number of hydrogen-bond donors (Lipinski definition) is 5. The van der Waals surface area contributed by atoms with Crippen molar-refractivity contribution in [2.75, 3.05) is 6.61 Å². The lowest BCUT2D eigenvalue weighted by Crippen LogP contribution is -2.53. The molecule has 0 aromatic heterocycles. The van der Waals surface area contributed by atoms with E-state index in [1.807, 2.05) is 0 Å². The van der Waals surface area contributed by atoms with E-state index in [-0.39, 0.29) is 0 Å². The molecule has 1 amide bonds. The first kappa shape index (κ1) is 61.5. The van der Waals surface area contributed by atoms with E-state index in [1.165, 1.54) is 205 Å². The van der Waals surface area contributed by atoms with E-state index in [4.69, 9.17) is 0 Å². The van der Waals surface area contributed by atoms with Gasteiger partial charge in [-0.15, -0.1) is 0 Å². The van der Waals surface area contributed by atoms with Crippen molar-refractivity contribution in [1.82, 2.24) is 5.32 Å². The Morgan fingerprint density at radius 1 is 0.381 bits per heavy atom. The molecule has 0 spiro atoms. The number of carbonyl (C=O) groups is 1. The molecule has 0 heterocycles. The van der Waals surface area contributed by atoms with Crippen LogP contribution >= 0.6 is 0 Å². The molecule has 5 N–H and O–H groups in total. The highest BCUT2D eigenvalue weighted by molar-refractivity contribution is 5.80. The summed E-state index contributed by atoms with van der Waals surface area (Å²) in [7, 11) is 0. The van der Waals surface area contributed by atoms with E-state index >= 15 is 0 Å². The molecule has 0 aromatic rings. The molecular weight excluding hydrogens is 779 g/mol. The molecule has 6 heteroatoms. The van der Waals surface area contributed by atoms with Gasteiger partial charge in [-0.2, -0.15) is 0 Å². The zero-order valence-electron chi connectivity index (χ0n) is 42.1. The Morgan fingerprint density at radius 2 is 0.667 bits per heavy atom. The Bertz CT molecular complexity index is 997. The number of nitrogens with one attached hydrogen (secondary N) is 1. The standard InChI is InChI=1S/C57H109NO5/c1-3-5-7-9-11-13-15-17-19-21-23-25-26-27-28-29-30-31-33-35-37-39-41-43-45-47-49-51-55(61)57(63)58-53(52-59)56(62)54(60)50-48-46-44-42-40-38-36-34-32-24-22-20-18-16-14-12-10-8-6-4-2/h20,22,34,36,42,44,53-56,59-62H,3-19,21,23-33,35,37-41,43,45-52H2,1-2H3,(H,58,63)/b22-20+,36-34+,44-42+. The minimum absolute atomic E-state index is 0.362. The molecule has 0 saturated heterocycles. The molecule has 0 aliphatic rings. The molecule has 0 aliphatic heterocycles. The van der Waals surface area contributed by atoms with Crippen molar-refractivity contribution < 1.29 is 25.2 Å². The average molecular weight is 889 g/mol. The fourth-order valence-corrected chi connectivity index (χ4v) is 8.67. The van der Waals surface area contributed by atoms with Crippen LogP contribution in [0, 0.1) is 0 Å². The van der Waals surface area contributed by atoms with Crippen LogP contribution in [0.25, 0.3) is 0 Å². The topological polar surface area (TPSA) is 110 Å². The van der Waals surface area contributed by atoms with Crippen molar-refractivity contribution in [3.63, 3.8) is 0 Å². The van der Waals surface area contributed by atoms with Crippen LogP contribution in [0.1, 0.15) is 290 Å². The molecule has 63 heavy (non-hydrogen) atoms. The Labute approximate surface area is 392 Å². The van der Waals surface area contributed by atoms with Crippen LogP contribution in [0.2, 0.25) is 0 Å². The monoisotopic (exact) mass is 888 g/mol. The summed E-state index contributed by atoms with van der Waals surface area (Å²) >= 11 is 0. The summed E-state index contributed by atoms with van der Waals surface area (Å²) in [5.41, 5.74) is 0. The third kappa shape index (κ3) is 45.5. The van der Waals surface area contributed by atoms with E-state index in [1.54, 1.807) is 0 Å². The first-order valence-corrected chi connectivity index (χ1v) is 27.9. The van der Waals surface area contributed by atoms with Crippen molar-refractivity contribution in [2.24, 2.45) is 0 Å². The lowest BCUT2D eigenvalue weighted by atomic mass is 10.00. The lowest BCUT2D eigenvalue weighted by molar-refractivity contribution is -0.132. The van der Waals surface area contributed by atoms with Crippen molar-refractivity contribution in [2.45, 2.75) is 314 Å². The third-order valence-corrected chi connectivity index (χ3v) is 13.1. The van der Waals surface area contributed by atoms with E-state index in [0.717, 1.165) is 51.4 Å². The quantitative estimate of drug-likeness (QED) is 0.0309. The zero-order valence-corrected chi connectivity index (χ0v) is 42.1. The van der Waals surface area contributed by atoms with E-state index in [9.17, 15) is 25.2 Å². The minimum Gasteiger partial charge on any atom is -0.394 e. The maximum atomic E-state index is 12.6. The van der Waals surface area contributed by atoms with Gasteiger partial charge in [-0.3, -0.25) is 4.79 Å². The number of rotatable bonds is 51. The Balaban J connectivity index is 3.66. The molecule has 4 atom stereocenters. The van der Waals surface area contributed by atoms with Gasteiger partial charge in [0.2, 0.25) is 5.91 Å². The van der Waals surface area contributed by atoms with Gasteiger partial charge >= 0.3 is 0 Å². The van der Waals surface area contributed by atoms with Gasteiger partial charge < -0.3 is 25.7 Å². The fourth-order valence-electron chi connectivity index (χ4n) is 8.67. The van der Waals surface area contributed by atoms with Crippen molar-refractivity contribution in [3.05, 3.63) is 36.5 Å². The molecule has 0 fully saturated rings. The van der Waals surface area contributed by atoms with Crippen LogP contribution in [0.3, 0.4) is 0 Å². The Morgan fingerprint density at radius 3 is 1.00 bits per heavy atom. The van der Waals surface area contributed by atoms with Gasteiger partial charge in [-0.05, 0) is 64.2 Å². The summed E-state index contributed by atoms with van der Waals surface area (Å²) in [5, 5.41) is 43.9. The van der Waals surface area contributed by atoms with Crippen LogP contribution in [-0.4, -0.2) is 57.3 Å². The number of aliphatic hydroxyl groups is 4. The molecule has 372 valence electrons. The van der Waals surface area contributed by atoms with Crippen LogP contribution in [0.5, 0.6) is 0 Å². The summed E-state index contributed by atoms with van der Waals surface area (Å²) in [6.07, 6.45) is 63.5. The van der Waals surface area contributed by atoms with Gasteiger partial charge in [0, 0.05) is 0 Å². The molecular formula is C57H109NO5. The second-order valence-corrected chi connectivity index (χ2v) is 19.3. The molecule has 4 unspecified atom stereocenters. The third-order valence-electron chi connectivity index (χ3n) is 13.1. The molecule has 0 radical (unpaired) electrons. The summed E-state index contributed by atoms with van der Waals surface area (Å²) in [5.74, 6) is -0.595. The molecule has 0 bridgehead atoms. The summed E-state index contributed by atoms with van der Waals surface area (Å²) in [4.78, 5) is 12.6. The maximum Gasteiger partial charge on any atom is 0.249 e. The largest absolute Gasteiger partial charge is 0.394 e. The molecule has 0 saturated carbocycles. The van der Waals surface area contributed by atoms with Crippen LogP contribution < -0.4 is 5.32 Å². The second kappa shape index (κ2) is 51.5. The molecule has 0 aliphatic carbocycles. The van der Waals surface area contributed by atoms with Gasteiger partial charge in [0.15, 0.2) is 0 Å². The first-order valence-electron chi connectivity index (χ1n) is 27.9. The molecule has 0 aromatic carbocycles. The second-order valence-electron chi connectivity index (χ2n) is 19.3. The zero-order chi connectivity index (χ0) is 45.9. The number of carbonyl (C=O) groups excluding carboxylic acids is 1. The van der Waals surface area contributed by atoms with Crippen molar-refractivity contribution in [1.29, 1.82) is 0 Å². The summed E-state index contributed by atoms with van der Waals surface area (Å²) in [6, 6.07) is -1.01. The van der Waals surface area contributed by atoms with Crippen LogP contribution in [0.15, 0.2) is 36.5 Å². The highest BCUT2D eigenvalue weighted by Crippen LogP contribution is 2.17. The maximum absolute atomic E-state index is 12.6. The highest BCUT2D eigenvalue weighted by atomic mass is 16.3. The van der Waals surface area contributed by atoms with Crippen LogP contribution in [-0.2, 0) is 4.79 Å². The average Bonchev–Trinajstić information content (AvgIpc) is 3.29. The van der Waals surface area contributed by atoms with Crippen molar-refractivity contribution in [3.8, 4) is 0 Å². The predicted octanol–water partition coefficient (Wildman–Crippen LogP) is 16.0. The molecule has 6 nitrogen and oxygen atoms in total. The van der Waals surface area contributed by atoms with Gasteiger partial charge in [0.25, 0.3) is 0 Å². The van der Waals surface area contributed by atoms with Gasteiger partial charge in [-0.1, -0.05) is 262 Å². The van der Waals surface area contributed by atoms with E-state index in [2.05, 4.69) is 55.6 Å². The number of hydrogen-bond acceptors (Lipinski definition) is 5. The summed E-state index contributed by atoms with van der Waals surface area (Å²) in [6.45, 7) is 4.06. The summed E-state index contributed by atoms with van der Waals surface area (Å²) < 4.78 is 0. The van der Waals surface area contributed by atoms with Crippen molar-refractivity contribution >= 4 is 5.91 Å². The van der Waals surface area contributed by atoms with Gasteiger partial charge in [0.05, 0.1) is 18.8 Å². The Hall–Kier alpha value is -1.47. The van der Waals surface area contributed by atoms with Gasteiger partial charge in [0.1, 0.15) is 12.2 Å². The number of aliphatic hydroxyl groups excluding tert-OH is 4. The lowest BCUT2D eigenvalue weighted by Gasteiger charge is -2.27. The number of unbranched alkanes of at least 4 members (excludes halogenated alkanes) is 36. The predicted molar refractivity (Wildman–Crippen MR) is 274 cm³/mol. The van der Waals surface area contributed by atoms with E-state index < -0.39 is 36.9 Å². The fraction of sp³-hybridized carbons (Fsp3) is 0.877.